The molecule has 40 heavy (non-hydrogen) atoms. The van der Waals surface area contributed by atoms with Crippen LogP contribution in [0.1, 0.15) is 70.6 Å². The normalized spacial score (nSPS) is 24.7. The van der Waals surface area contributed by atoms with Gasteiger partial charge in [-0.1, -0.05) is 31.2 Å². The number of esters is 2. The Hall–Kier alpha value is -3.62. The first-order chi connectivity index (χ1) is 19.4. The maximum Gasteiger partial charge on any atom is 0.338 e. The maximum atomic E-state index is 12.6. The molecular weight excluding hydrogens is 508 g/mol. The molecule has 0 radical (unpaired) electrons. The van der Waals surface area contributed by atoms with Crippen LogP contribution >= 0.6 is 0 Å². The average molecular weight is 543 g/mol. The number of rotatable bonds is 5. The van der Waals surface area contributed by atoms with E-state index in [9.17, 15) is 9.59 Å². The van der Waals surface area contributed by atoms with Gasteiger partial charge in [-0.2, -0.15) is 0 Å². The van der Waals surface area contributed by atoms with E-state index in [1.54, 1.807) is 25.1 Å². The number of aryl methyl sites for hydroxylation is 1. The second-order valence-electron chi connectivity index (χ2n) is 10.9. The second-order valence-corrected chi connectivity index (χ2v) is 10.9. The summed E-state index contributed by atoms with van der Waals surface area (Å²) in [6.07, 6.45) is 5.21. The molecular formula is C32H34N2O6. The van der Waals surface area contributed by atoms with Gasteiger partial charge in [0.15, 0.2) is 11.6 Å². The summed E-state index contributed by atoms with van der Waals surface area (Å²) in [6.45, 7) is 5.55. The van der Waals surface area contributed by atoms with Crippen LogP contribution in [0.25, 0.3) is 11.4 Å². The molecule has 1 aromatic heterocycles. The fourth-order valence-corrected chi connectivity index (χ4v) is 7.12. The largest absolute Gasteiger partial charge is 0.465 e. The minimum atomic E-state index is -0.593. The summed E-state index contributed by atoms with van der Waals surface area (Å²) in [5.41, 5.74) is 4.52. The number of ether oxygens (including phenoxy) is 4. The van der Waals surface area contributed by atoms with E-state index in [2.05, 4.69) is 13.0 Å². The molecule has 0 unspecified atom stereocenters. The first-order valence-corrected chi connectivity index (χ1v) is 14.0. The van der Waals surface area contributed by atoms with Crippen LogP contribution in [0.15, 0.2) is 54.7 Å². The van der Waals surface area contributed by atoms with Gasteiger partial charge in [0, 0.05) is 29.5 Å². The van der Waals surface area contributed by atoms with Crippen molar-refractivity contribution in [1.82, 2.24) is 9.97 Å². The summed E-state index contributed by atoms with van der Waals surface area (Å²) >= 11 is 0. The highest BCUT2D eigenvalue weighted by Gasteiger charge is 2.60. The first-order valence-electron chi connectivity index (χ1n) is 14.0. The quantitative estimate of drug-likeness (QED) is 0.410. The number of hydrogen-bond donors (Lipinski definition) is 0. The van der Waals surface area contributed by atoms with Crippen molar-refractivity contribution in [3.63, 3.8) is 0 Å². The average Bonchev–Trinajstić information content (AvgIpc) is 3.48. The molecule has 0 N–H and O–H groups in total. The number of nitrogens with zero attached hydrogens (tertiary/aromatic N) is 2. The van der Waals surface area contributed by atoms with Gasteiger partial charge in [-0.05, 0) is 67.5 Å². The Morgan fingerprint density at radius 3 is 2.52 bits per heavy atom. The Morgan fingerprint density at radius 1 is 1.02 bits per heavy atom. The van der Waals surface area contributed by atoms with Crippen molar-refractivity contribution in [2.75, 3.05) is 26.9 Å². The lowest BCUT2D eigenvalue weighted by molar-refractivity contribution is -0.232. The van der Waals surface area contributed by atoms with Crippen LogP contribution in [-0.2, 0) is 30.8 Å². The molecule has 1 saturated carbocycles. The number of carbonyl (C=O) groups is 2. The molecule has 1 aliphatic heterocycles. The van der Waals surface area contributed by atoms with Gasteiger partial charge < -0.3 is 18.9 Å². The Labute approximate surface area is 234 Å². The number of methoxy groups -OCH3 is 1. The molecule has 2 aliphatic carbocycles. The molecule has 6 rings (SSSR count). The number of carbonyl (C=O) groups excluding carboxylic acids is 2. The van der Waals surface area contributed by atoms with Crippen LogP contribution in [0.4, 0.5) is 0 Å². The molecule has 1 saturated heterocycles. The van der Waals surface area contributed by atoms with Crippen molar-refractivity contribution in [2.24, 2.45) is 11.8 Å². The van der Waals surface area contributed by atoms with E-state index in [0.717, 1.165) is 48.1 Å². The van der Waals surface area contributed by atoms with Gasteiger partial charge in [-0.3, -0.25) is 0 Å². The molecule has 208 valence electrons. The van der Waals surface area contributed by atoms with Gasteiger partial charge in [0.1, 0.15) is 0 Å². The van der Waals surface area contributed by atoms with Gasteiger partial charge in [0.2, 0.25) is 0 Å². The molecule has 3 aliphatic rings. The highest BCUT2D eigenvalue weighted by Crippen LogP contribution is 2.59. The monoisotopic (exact) mass is 542 g/mol. The summed E-state index contributed by atoms with van der Waals surface area (Å²) in [4.78, 5) is 34.7. The molecule has 2 fully saturated rings. The maximum absolute atomic E-state index is 12.6. The zero-order valence-corrected chi connectivity index (χ0v) is 23.1. The van der Waals surface area contributed by atoms with Crippen LogP contribution in [0, 0.1) is 11.8 Å². The molecule has 1 spiro atoms. The van der Waals surface area contributed by atoms with Crippen molar-refractivity contribution in [3.05, 3.63) is 82.7 Å². The van der Waals surface area contributed by atoms with Crippen LogP contribution in [0.5, 0.6) is 0 Å². The van der Waals surface area contributed by atoms with E-state index in [0.29, 0.717) is 36.8 Å². The lowest BCUT2D eigenvalue weighted by Gasteiger charge is -2.55. The highest BCUT2D eigenvalue weighted by atomic mass is 16.7. The van der Waals surface area contributed by atoms with Crippen molar-refractivity contribution < 1.29 is 28.5 Å². The topological polar surface area (TPSA) is 96.8 Å². The summed E-state index contributed by atoms with van der Waals surface area (Å²) in [5, 5.41) is 0. The first kappa shape index (κ1) is 26.6. The SMILES string of the molecule is CCOC(=O)c1ccc(-c2ncc3c(n2)[C@@]2(c4cccc(C(=O)OC)c4)CCC4(OCCO4)[C@@H](C)[C@@H]2CC3)cc1. The molecule has 2 aromatic carbocycles. The van der Waals surface area contributed by atoms with Crippen LogP contribution < -0.4 is 0 Å². The fourth-order valence-electron chi connectivity index (χ4n) is 7.12. The number of benzene rings is 2. The molecule has 3 atom stereocenters. The Balaban J connectivity index is 1.48. The second kappa shape index (κ2) is 10.4. The van der Waals surface area contributed by atoms with E-state index >= 15 is 0 Å². The minimum absolute atomic E-state index is 0.112. The predicted octanol–water partition coefficient (Wildman–Crippen LogP) is 5.13. The zero-order chi connectivity index (χ0) is 27.9. The molecule has 2 heterocycles. The summed E-state index contributed by atoms with van der Waals surface area (Å²) < 4.78 is 22.7. The smallest absolute Gasteiger partial charge is 0.338 e. The van der Waals surface area contributed by atoms with Crippen LogP contribution in [0.2, 0.25) is 0 Å². The Kier molecular flexibility index (Phi) is 6.92. The third-order valence-electron chi connectivity index (χ3n) is 9.04. The summed E-state index contributed by atoms with van der Waals surface area (Å²) in [6, 6.07) is 15.0. The van der Waals surface area contributed by atoms with Crippen LogP contribution in [-0.4, -0.2) is 54.6 Å². The Bertz CT molecular complexity index is 1430. The molecule has 3 aromatic rings. The molecule has 8 nitrogen and oxygen atoms in total. The van der Waals surface area contributed by atoms with Crippen molar-refractivity contribution in [1.29, 1.82) is 0 Å². The lowest BCUT2D eigenvalue weighted by atomic mass is 9.51. The van der Waals surface area contributed by atoms with Crippen molar-refractivity contribution in [2.45, 2.75) is 50.7 Å². The van der Waals surface area contributed by atoms with Gasteiger partial charge in [-0.25, -0.2) is 19.6 Å². The standard InChI is InChI=1S/C32H34N2O6/c1-4-38-30(36)22-10-8-21(9-11-22)28-33-19-24-12-13-26-20(2)32(39-16-17-40-32)15-14-31(26,27(24)34-28)25-7-5-6-23(18-25)29(35)37-3/h5-11,18-20,26H,4,12-17H2,1-3H3/t20-,26-,31+/m0/s1. The van der Waals surface area contributed by atoms with Gasteiger partial charge in [0.05, 0.1) is 43.8 Å². The van der Waals surface area contributed by atoms with Crippen molar-refractivity contribution in [3.8, 4) is 11.4 Å². The third kappa shape index (κ3) is 4.21. The number of hydrogen-bond acceptors (Lipinski definition) is 8. The fraction of sp³-hybridized carbons (Fsp3) is 0.438. The lowest BCUT2D eigenvalue weighted by Crippen LogP contribution is -2.57. The van der Waals surface area contributed by atoms with E-state index < -0.39 is 11.2 Å². The van der Waals surface area contributed by atoms with E-state index in [4.69, 9.17) is 28.9 Å². The van der Waals surface area contributed by atoms with Crippen molar-refractivity contribution >= 4 is 11.9 Å². The molecule has 0 bridgehead atoms. The highest BCUT2D eigenvalue weighted by molar-refractivity contribution is 5.90. The van der Waals surface area contributed by atoms with E-state index in [1.165, 1.54) is 7.11 Å². The molecule has 0 amide bonds. The Morgan fingerprint density at radius 2 is 1.80 bits per heavy atom. The molecule has 8 heteroatoms. The number of aromatic nitrogens is 2. The summed E-state index contributed by atoms with van der Waals surface area (Å²) in [5.74, 6) is -0.424. The minimum Gasteiger partial charge on any atom is -0.465 e. The third-order valence-corrected chi connectivity index (χ3v) is 9.04. The predicted molar refractivity (Wildman–Crippen MR) is 147 cm³/mol. The van der Waals surface area contributed by atoms with Gasteiger partial charge in [0.25, 0.3) is 0 Å². The van der Waals surface area contributed by atoms with Gasteiger partial charge >= 0.3 is 11.9 Å². The zero-order valence-electron chi connectivity index (χ0n) is 23.1. The van der Waals surface area contributed by atoms with Crippen LogP contribution in [0.3, 0.4) is 0 Å². The van der Waals surface area contributed by atoms with E-state index in [-0.39, 0.29) is 23.8 Å². The number of fused-ring (bicyclic) bond motifs is 3. The van der Waals surface area contributed by atoms with Gasteiger partial charge in [-0.15, -0.1) is 0 Å². The van der Waals surface area contributed by atoms with E-state index in [1.807, 2.05) is 30.5 Å². The summed E-state index contributed by atoms with van der Waals surface area (Å²) in [7, 11) is 1.40.